The van der Waals surface area contributed by atoms with E-state index in [0.29, 0.717) is 17.3 Å². The van der Waals surface area contributed by atoms with Gasteiger partial charge in [0.15, 0.2) is 5.11 Å². The molecular weight excluding hydrogens is 341 g/mol. The third-order valence-electron chi connectivity index (χ3n) is 2.87. The van der Waals surface area contributed by atoms with Gasteiger partial charge in [-0.05, 0) is 48.6 Å². The molecule has 0 aliphatic carbocycles. The first kappa shape index (κ1) is 17.6. The predicted molar refractivity (Wildman–Crippen MR) is 92.8 cm³/mol. The van der Waals surface area contributed by atoms with Gasteiger partial charge in [-0.3, -0.25) is 0 Å². The molecule has 0 radical (unpaired) electrons. The average Bonchev–Trinajstić information content (AvgIpc) is 2.52. The molecule has 2 aromatic rings. The van der Waals surface area contributed by atoms with Crippen LogP contribution >= 0.6 is 24.0 Å². The van der Waals surface area contributed by atoms with Crippen LogP contribution in [0.5, 0.6) is 0 Å². The van der Waals surface area contributed by atoms with Crippen molar-refractivity contribution in [1.29, 1.82) is 0 Å². The first-order chi connectivity index (χ1) is 10.9. The van der Waals surface area contributed by atoms with Gasteiger partial charge in [-0.15, -0.1) is 11.8 Å². The Bertz CT molecular complexity index is 628. The SMILES string of the molecule is FC(F)(F)c1ccc(NC(=S)NCCSc2ccccc2)cc1. The summed E-state index contributed by atoms with van der Waals surface area (Å²) >= 11 is 6.82. The van der Waals surface area contributed by atoms with E-state index in [0.717, 1.165) is 17.9 Å². The smallest absolute Gasteiger partial charge is 0.362 e. The highest BCUT2D eigenvalue weighted by Crippen LogP contribution is 2.29. The summed E-state index contributed by atoms with van der Waals surface area (Å²) in [5.41, 5.74) is -0.160. The Kier molecular flexibility index (Phi) is 6.29. The topological polar surface area (TPSA) is 24.1 Å². The van der Waals surface area contributed by atoms with Crippen molar-refractivity contribution >= 4 is 34.8 Å². The van der Waals surface area contributed by atoms with Crippen molar-refractivity contribution in [2.45, 2.75) is 11.1 Å². The molecule has 122 valence electrons. The van der Waals surface area contributed by atoms with Crippen LogP contribution in [0, 0.1) is 0 Å². The summed E-state index contributed by atoms with van der Waals surface area (Å²) in [7, 11) is 0. The summed E-state index contributed by atoms with van der Waals surface area (Å²) in [6.07, 6.45) is -4.33. The molecule has 7 heteroatoms. The number of rotatable bonds is 5. The normalized spacial score (nSPS) is 11.1. The number of thioether (sulfide) groups is 1. The number of nitrogens with one attached hydrogen (secondary N) is 2. The van der Waals surface area contributed by atoms with Crippen LogP contribution in [0.15, 0.2) is 59.5 Å². The second kappa shape index (κ2) is 8.21. The van der Waals surface area contributed by atoms with Crippen molar-refractivity contribution in [3.05, 3.63) is 60.2 Å². The number of alkyl halides is 3. The quantitative estimate of drug-likeness (QED) is 0.457. The van der Waals surface area contributed by atoms with Gasteiger partial charge in [-0.25, -0.2) is 0 Å². The van der Waals surface area contributed by atoms with Crippen LogP contribution in [0.2, 0.25) is 0 Å². The Morgan fingerprint density at radius 2 is 1.65 bits per heavy atom. The lowest BCUT2D eigenvalue weighted by atomic mass is 10.2. The van der Waals surface area contributed by atoms with Crippen molar-refractivity contribution < 1.29 is 13.2 Å². The zero-order valence-electron chi connectivity index (χ0n) is 12.1. The van der Waals surface area contributed by atoms with Gasteiger partial charge in [0, 0.05) is 22.9 Å². The summed E-state index contributed by atoms with van der Waals surface area (Å²) in [4.78, 5) is 1.18. The van der Waals surface area contributed by atoms with Gasteiger partial charge < -0.3 is 10.6 Å². The molecule has 0 amide bonds. The molecule has 2 rings (SSSR count). The number of halogens is 3. The van der Waals surface area contributed by atoms with Crippen LogP contribution in [0.1, 0.15) is 5.56 Å². The van der Waals surface area contributed by atoms with E-state index < -0.39 is 11.7 Å². The molecule has 0 spiro atoms. The summed E-state index contributed by atoms with van der Waals surface area (Å²) < 4.78 is 37.4. The standard InChI is InChI=1S/C16H15F3N2S2/c17-16(18,19)12-6-8-13(9-7-12)21-15(22)20-10-11-23-14-4-2-1-3-5-14/h1-9H,10-11H2,(H2,20,21,22). The lowest BCUT2D eigenvalue weighted by molar-refractivity contribution is -0.137. The summed E-state index contributed by atoms with van der Waals surface area (Å²) in [6, 6.07) is 14.7. The summed E-state index contributed by atoms with van der Waals surface area (Å²) in [5, 5.41) is 6.27. The lowest BCUT2D eigenvalue weighted by Crippen LogP contribution is -2.30. The molecule has 0 aliphatic rings. The highest BCUT2D eigenvalue weighted by molar-refractivity contribution is 7.99. The maximum absolute atomic E-state index is 12.5. The molecule has 0 aliphatic heterocycles. The molecule has 2 aromatic carbocycles. The van der Waals surface area contributed by atoms with E-state index in [2.05, 4.69) is 10.6 Å². The minimum absolute atomic E-state index is 0.387. The van der Waals surface area contributed by atoms with Crippen LogP contribution < -0.4 is 10.6 Å². The van der Waals surface area contributed by atoms with Crippen LogP contribution in [0.4, 0.5) is 18.9 Å². The molecule has 0 heterocycles. The number of hydrogen-bond donors (Lipinski definition) is 2. The van der Waals surface area contributed by atoms with E-state index in [9.17, 15) is 13.2 Å². The van der Waals surface area contributed by atoms with Crippen LogP contribution in [0.25, 0.3) is 0 Å². The van der Waals surface area contributed by atoms with Crippen LogP contribution in [-0.4, -0.2) is 17.4 Å². The van der Waals surface area contributed by atoms with E-state index in [-0.39, 0.29) is 0 Å². The van der Waals surface area contributed by atoms with Crippen molar-refractivity contribution in [2.75, 3.05) is 17.6 Å². The van der Waals surface area contributed by atoms with Crippen LogP contribution in [-0.2, 0) is 6.18 Å². The fourth-order valence-corrected chi connectivity index (χ4v) is 2.78. The molecule has 0 fully saturated rings. The highest BCUT2D eigenvalue weighted by Gasteiger charge is 2.29. The van der Waals surface area contributed by atoms with Gasteiger partial charge in [0.2, 0.25) is 0 Å². The van der Waals surface area contributed by atoms with E-state index in [4.69, 9.17) is 12.2 Å². The molecule has 0 atom stereocenters. The fourth-order valence-electron chi connectivity index (χ4n) is 1.77. The molecule has 0 aromatic heterocycles. The lowest BCUT2D eigenvalue weighted by Gasteiger charge is -2.11. The van der Waals surface area contributed by atoms with Crippen molar-refractivity contribution in [1.82, 2.24) is 5.32 Å². The average molecular weight is 356 g/mol. The van der Waals surface area contributed by atoms with Gasteiger partial charge in [0.05, 0.1) is 5.56 Å². The highest BCUT2D eigenvalue weighted by atomic mass is 32.2. The Balaban J connectivity index is 1.72. The molecular formula is C16H15F3N2S2. The van der Waals surface area contributed by atoms with E-state index in [1.165, 1.54) is 17.0 Å². The second-order valence-electron chi connectivity index (χ2n) is 4.62. The van der Waals surface area contributed by atoms with E-state index in [1.807, 2.05) is 30.3 Å². The number of anilines is 1. The summed E-state index contributed by atoms with van der Waals surface area (Å²) in [6.45, 7) is 0.659. The van der Waals surface area contributed by atoms with Gasteiger partial charge in [0.1, 0.15) is 0 Å². The number of hydrogen-bond acceptors (Lipinski definition) is 2. The molecule has 2 N–H and O–H groups in total. The monoisotopic (exact) mass is 356 g/mol. The zero-order chi connectivity index (χ0) is 16.7. The van der Waals surface area contributed by atoms with Gasteiger partial charge in [-0.2, -0.15) is 13.2 Å². The Morgan fingerprint density at radius 1 is 1.00 bits per heavy atom. The van der Waals surface area contributed by atoms with E-state index >= 15 is 0 Å². The second-order valence-corrected chi connectivity index (χ2v) is 6.19. The molecule has 0 unspecified atom stereocenters. The van der Waals surface area contributed by atoms with Gasteiger partial charge in [-0.1, -0.05) is 18.2 Å². The van der Waals surface area contributed by atoms with E-state index in [1.54, 1.807) is 11.8 Å². The fraction of sp³-hybridized carbons (Fsp3) is 0.188. The van der Waals surface area contributed by atoms with Gasteiger partial charge in [0.25, 0.3) is 0 Å². The maximum atomic E-state index is 12.5. The minimum atomic E-state index is -4.33. The van der Waals surface area contributed by atoms with Crippen molar-refractivity contribution in [3.63, 3.8) is 0 Å². The Morgan fingerprint density at radius 3 is 2.26 bits per heavy atom. The van der Waals surface area contributed by atoms with Crippen LogP contribution in [0.3, 0.4) is 0 Å². The third-order valence-corrected chi connectivity index (χ3v) is 4.13. The first-order valence-corrected chi connectivity index (χ1v) is 8.24. The first-order valence-electron chi connectivity index (χ1n) is 6.85. The van der Waals surface area contributed by atoms with Crippen molar-refractivity contribution in [2.24, 2.45) is 0 Å². The predicted octanol–water partition coefficient (Wildman–Crippen LogP) is 4.78. The number of thiocarbonyl (C=S) groups is 1. The van der Waals surface area contributed by atoms with Gasteiger partial charge >= 0.3 is 6.18 Å². The largest absolute Gasteiger partial charge is 0.416 e. The number of benzene rings is 2. The minimum Gasteiger partial charge on any atom is -0.362 e. The Hall–Kier alpha value is -1.73. The third kappa shape index (κ3) is 6.11. The molecule has 0 bridgehead atoms. The van der Waals surface area contributed by atoms with Crippen molar-refractivity contribution in [3.8, 4) is 0 Å². The molecule has 23 heavy (non-hydrogen) atoms. The molecule has 0 saturated heterocycles. The summed E-state index contributed by atoms with van der Waals surface area (Å²) in [5.74, 6) is 0.832. The Labute approximate surface area is 142 Å². The molecule has 0 saturated carbocycles. The molecule has 2 nitrogen and oxygen atoms in total. The zero-order valence-corrected chi connectivity index (χ0v) is 13.7. The maximum Gasteiger partial charge on any atom is 0.416 e.